The van der Waals surface area contributed by atoms with Crippen LogP contribution in [0.15, 0.2) is 64.8 Å². The lowest BCUT2D eigenvalue weighted by atomic mass is 9.75. The average Bonchev–Trinajstić information content (AvgIpc) is 2.92. The van der Waals surface area contributed by atoms with Gasteiger partial charge in [-0.1, -0.05) is 24.3 Å². The van der Waals surface area contributed by atoms with Gasteiger partial charge in [0.2, 0.25) is 0 Å². The molecule has 0 amide bonds. The molecule has 1 aliphatic heterocycles. The van der Waals surface area contributed by atoms with Gasteiger partial charge in [0.25, 0.3) is 5.69 Å². The second-order valence-electron chi connectivity index (χ2n) is 8.82. The van der Waals surface area contributed by atoms with Crippen molar-refractivity contribution in [1.29, 1.82) is 0 Å². The Morgan fingerprint density at radius 1 is 1.03 bits per heavy atom. The molecule has 2 aromatic carbocycles. The predicted molar refractivity (Wildman–Crippen MR) is 142 cm³/mol. The predicted octanol–water partition coefficient (Wildman–Crippen LogP) is 3.39. The van der Waals surface area contributed by atoms with Crippen molar-refractivity contribution in [2.75, 3.05) is 40.1 Å². The van der Waals surface area contributed by atoms with Gasteiger partial charge in [0.1, 0.15) is 24.9 Å². The molecule has 2 aromatic rings. The van der Waals surface area contributed by atoms with Crippen LogP contribution in [0.4, 0.5) is 5.69 Å². The average molecular weight is 541 g/mol. The highest BCUT2D eigenvalue weighted by atomic mass is 16.6. The van der Waals surface area contributed by atoms with Gasteiger partial charge in [-0.25, -0.2) is 4.79 Å². The Hall–Kier alpha value is -4.09. The molecule has 3 rings (SSSR count). The van der Waals surface area contributed by atoms with E-state index >= 15 is 0 Å². The van der Waals surface area contributed by atoms with E-state index in [4.69, 9.17) is 24.1 Å². The number of allylic oxidation sites excluding steroid dienone is 1. The third kappa shape index (κ3) is 7.71. The Kier molecular flexibility index (Phi) is 10.7. The molecular weight excluding hydrogens is 508 g/mol. The largest absolute Gasteiger partial charge is 0.491 e. The molecule has 0 radical (unpaired) electrons. The van der Waals surface area contributed by atoms with Crippen LogP contribution < -0.4 is 4.74 Å². The second-order valence-corrected chi connectivity index (χ2v) is 8.82. The fourth-order valence-electron chi connectivity index (χ4n) is 4.37. The van der Waals surface area contributed by atoms with Crippen LogP contribution in [0.5, 0.6) is 5.75 Å². The van der Waals surface area contributed by atoms with Gasteiger partial charge in [-0.3, -0.25) is 19.9 Å². The summed E-state index contributed by atoms with van der Waals surface area (Å²) < 4.78 is 21.3. The van der Waals surface area contributed by atoms with E-state index in [1.54, 1.807) is 32.0 Å². The number of aliphatic hydroxyl groups excluding tert-OH is 1. The van der Waals surface area contributed by atoms with Gasteiger partial charge in [0, 0.05) is 43.0 Å². The minimum Gasteiger partial charge on any atom is -0.491 e. The summed E-state index contributed by atoms with van der Waals surface area (Å²) in [6, 6.07) is 13.0. The smallest absolute Gasteiger partial charge is 0.336 e. The molecule has 2 unspecified atom stereocenters. The van der Waals surface area contributed by atoms with Crippen LogP contribution in [-0.4, -0.2) is 67.8 Å². The number of benzene rings is 2. The standard InChI is InChI=1S/C28H32N2O9/c1-18-24(27(32)38-13-11-20-7-9-23(10-8-20)37-14-12-31)26(21-5-4-6-22(17-21)30(34)35)25(19(2)29-18)28(33)39-16-15-36-3/h4-10,17,25-26,31H,11-16H2,1-3H3. The molecule has 0 spiro atoms. The Balaban J connectivity index is 1.85. The third-order valence-electron chi connectivity index (χ3n) is 6.18. The highest BCUT2D eigenvalue weighted by molar-refractivity contribution is 6.07. The lowest BCUT2D eigenvalue weighted by Crippen LogP contribution is -2.37. The molecule has 39 heavy (non-hydrogen) atoms. The Morgan fingerprint density at radius 3 is 2.44 bits per heavy atom. The monoisotopic (exact) mass is 540 g/mol. The van der Waals surface area contributed by atoms with E-state index in [-0.39, 0.29) is 44.3 Å². The van der Waals surface area contributed by atoms with E-state index in [0.717, 1.165) is 5.56 Å². The molecule has 1 heterocycles. The lowest BCUT2D eigenvalue weighted by Gasteiger charge is -2.31. The number of esters is 2. The van der Waals surface area contributed by atoms with E-state index in [0.29, 0.717) is 29.1 Å². The van der Waals surface area contributed by atoms with Gasteiger partial charge in [-0.15, -0.1) is 0 Å². The highest BCUT2D eigenvalue weighted by Gasteiger charge is 2.42. The van der Waals surface area contributed by atoms with E-state index < -0.39 is 28.7 Å². The van der Waals surface area contributed by atoms with Crippen LogP contribution in [0.2, 0.25) is 0 Å². The summed E-state index contributed by atoms with van der Waals surface area (Å²) in [6.07, 6.45) is 0.421. The maximum atomic E-state index is 13.4. The molecule has 11 heteroatoms. The van der Waals surface area contributed by atoms with Crippen molar-refractivity contribution in [3.05, 3.63) is 81.0 Å². The van der Waals surface area contributed by atoms with E-state index in [1.807, 2.05) is 12.1 Å². The van der Waals surface area contributed by atoms with Crippen LogP contribution in [0.25, 0.3) is 0 Å². The lowest BCUT2D eigenvalue weighted by molar-refractivity contribution is -0.384. The number of nitro benzene ring substituents is 1. The van der Waals surface area contributed by atoms with Crippen molar-refractivity contribution in [2.24, 2.45) is 10.9 Å². The van der Waals surface area contributed by atoms with E-state index in [9.17, 15) is 19.7 Å². The molecule has 2 atom stereocenters. The molecule has 0 bridgehead atoms. The number of non-ortho nitro benzene ring substituents is 1. The van der Waals surface area contributed by atoms with E-state index in [2.05, 4.69) is 4.99 Å². The molecular formula is C28H32N2O9. The maximum Gasteiger partial charge on any atom is 0.336 e. The minimum atomic E-state index is -0.985. The summed E-state index contributed by atoms with van der Waals surface area (Å²) in [5, 5.41) is 20.3. The third-order valence-corrected chi connectivity index (χ3v) is 6.18. The fraction of sp³-hybridized carbons (Fsp3) is 0.393. The summed E-state index contributed by atoms with van der Waals surface area (Å²) in [7, 11) is 1.48. The number of carbonyl (C=O) groups is 2. The zero-order valence-electron chi connectivity index (χ0n) is 22.1. The molecule has 1 N–H and O–H groups in total. The van der Waals surface area contributed by atoms with Crippen molar-refractivity contribution in [1.82, 2.24) is 0 Å². The molecule has 0 aliphatic carbocycles. The summed E-state index contributed by atoms with van der Waals surface area (Å²) in [4.78, 5) is 42.0. The first kappa shape index (κ1) is 29.5. The Bertz CT molecular complexity index is 1240. The molecule has 0 fully saturated rings. The van der Waals surface area contributed by atoms with Gasteiger partial charge < -0.3 is 24.1 Å². The number of rotatable bonds is 13. The number of aliphatic imine (C=N–C) groups is 1. The Labute approximate surface area is 226 Å². The van der Waals surface area contributed by atoms with Crippen LogP contribution in [0, 0.1) is 16.0 Å². The topological polar surface area (TPSA) is 147 Å². The van der Waals surface area contributed by atoms with Crippen molar-refractivity contribution >= 4 is 23.3 Å². The Morgan fingerprint density at radius 2 is 1.77 bits per heavy atom. The maximum absolute atomic E-state index is 13.4. The highest BCUT2D eigenvalue weighted by Crippen LogP contribution is 2.41. The van der Waals surface area contributed by atoms with Gasteiger partial charge in [0.05, 0.1) is 30.3 Å². The number of nitro groups is 1. The quantitative estimate of drug-likeness (QED) is 0.175. The number of aliphatic hydroxyl groups is 1. The van der Waals surface area contributed by atoms with Crippen LogP contribution in [-0.2, 0) is 30.2 Å². The zero-order valence-corrected chi connectivity index (χ0v) is 22.1. The molecule has 11 nitrogen and oxygen atoms in total. The van der Waals surface area contributed by atoms with Gasteiger partial charge in [-0.05, 0) is 37.1 Å². The van der Waals surface area contributed by atoms with Crippen molar-refractivity contribution < 1.29 is 38.6 Å². The van der Waals surface area contributed by atoms with Gasteiger partial charge in [0.15, 0.2) is 0 Å². The summed E-state index contributed by atoms with van der Waals surface area (Å²) >= 11 is 0. The summed E-state index contributed by atoms with van der Waals surface area (Å²) in [5.74, 6) is -2.55. The number of carbonyl (C=O) groups excluding carboxylic acids is 2. The number of hydrogen-bond acceptors (Lipinski definition) is 10. The molecule has 0 aromatic heterocycles. The van der Waals surface area contributed by atoms with Crippen LogP contribution in [0.1, 0.15) is 30.9 Å². The van der Waals surface area contributed by atoms with Crippen LogP contribution >= 0.6 is 0 Å². The number of hydrogen-bond donors (Lipinski definition) is 1. The number of methoxy groups -OCH3 is 1. The zero-order chi connectivity index (χ0) is 28.4. The van der Waals surface area contributed by atoms with Crippen molar-refractivity contribution in [3.8, 4) is 5.75 Å². The molecule has 208 valence electrons. The van der Waals surface area contributed by atoms with Gasteiger partial charge >= 0.3 is 11.9 Å². The first-order valence-electron chi connectivity index (χ1n) is 12.4. The number of ether oxygens (including phenoxy) is 4. The normalized spacial score (nSPS) is 16.9. The van der Waals surface area contributed by atoms with Crippen molar-refractivity contribution in [2.45, 2.75) is 26.2 Å². The summed E-state index contributed by atoms with van der Waals surface area (Å²) in [5.41, 5.74) is 2.06. The van der Waals surface area contributed by atoms with Crippen molar-refractivity contribution in [3.63, 3.8) is 0 Å². The SMILES string of the molecule is COCCOC(=O)C1C(C)=NC(C)=C(C(=O)OCCc2ccc(OCCO)cc2)C1c1cccc([N+](=O)[O-])c1. The van der Waals surface area contributed by atoms with Crippen LogP contribution in [0.3, 0.4) is 0 Å². The minimum absolute atomic E-state index is 0.00702. The first-order chi connectivity index (χ1) is 18.8. The molecule has 0 saturated heterocycles. The summed E-state index contributed by atoms with van der Waals surface area (Å²) in [6.45, 7) is 3.66. The first-order valence-corrected chi connectivity index (χ1v) is 12.4. The van der Waals surface area contributed by atoms with Gasteiger partial charge in [-0.2, -0.15) is 0 Å². The number of nitrogens with zero attached hydrogens (tertiary/aromatic N) is 2. The van der Waals surface area contributed by atoms with E-state index in [1.165, 1.54) is 25.3 Å². The molecule has 0 saturated carbocycles. The second kappa shape index (κ2) is 14.2. The fourth-order valence-corrected chi connectivity index (χ4v) is 4.37. The molecule has 1 aliphatic rings.